The van der Waals surface area contributed by atoms with Crippen LogP contribution in [0.5, 0.6) is 0 Å². The van der Waals surface area contributed by atoms with E-state index in [1.54, 1.807) is 0 Å². The number of carbonyl (C=O) groups is 1. The maximum atomic E-state index is 10.8. The highest BCUT2D eigenvalue weighted by Gasteiger charge is 2.34. The van der Waals surface area contributed by atoms with Gasteiger partial charge in [-0.2, -0.15) is 0 Å². The van der Waals surface area contributed by atoms with Crippen LogP contribution in [0.4, 0.5) is 0 Å². The molecule has 2 aliphatic rings. The standard InChI is InChI=1S/C12H21NO2/c14-11(15)8-10-6-7-13-12(10)9-4-2-1-3-5-9/h9-10,12-13H,1-8H2,(H,14,15)/t10-,12-/m1/s1. The highest BCUT2D eigenvalue weighted by molar-refractivity contribution is 5.67. The summed E-state index contributed by atoms with van der Waals surface area (Å²) in [4.78, 5) is 10.8. The van der Waals surface area contributed by atoms with Crippen molar-refractivity contribution in [2.75, 3.05) is 6.54 Å². The van der Waals surface area contributed by atoms with Gasteiger partial charge in [0, 0.05) is 12.5 Å². The third kappa shape index (κ3) is 2.71. The molecule has 0 amide bonds. The molecule has 0 aromatic carbocycles. The minimum absolute atomic E-state index is 0.355. The zero-order valence-corrected chi connectivity index (χ0v) is 9.24. The minimum Gasteiger partial charge on any atom is -0.481 e. The van der Waals surface area contributed by atoms with Gasteiger partial charge in [-0.15, -0.1) is 0 Å². The van der Waals surface area contributed by atoms with Crippen molar-refractivity contribution in [2.24, 2.45) is 11.8 Å². The number of carboxylic acids is 1. The molecule has 1 aliphatic carbocycles. The van der Waals surface area contributed by atoms with Gasteiger partial charge in [-0.25, -0.2) is 0 Å². The SMILES string of the molecule is O=C(O)C[C@H]1CCN[C@@H]1C1CCCCC1. The zero-order chi connectivity index (χ0) is 10.7. The Labute approximate surface area is 91.2 Å². The van der Waals surface area contributed by atoms with Gasteiger partial charge < -0.3 is 10.4 Å². The molecule has 0 bridgehead atoms. The normalized spacial score (nSPS) is 33.1. The fraction of sp³-hybridized carbons (Fsp3) is 0.917. The molecule has 2 atom stereocenters. The second-order valence-electron chi connectivity index (χ2n) is 5.02. The number of rotatable bonds is 3. The van der Waals surface area contributed by atoms with Gasteiger partial charge in [-0.3, -0.25) is 4.79 Å². The van der Waals surface area contributed by atoms with Crippen LogP contribution in [0.15, 0.2) is 0 Å². The van der Waals surface area contributed by atoms with Crippen molar-refractivity contribution in [1.82, 2.24) is 5.32 Å². The fourth-order valence-corrected chi connectivity index (χ4v) is 3.28. The van der Waals surface area contributed by atoms with Gasteiger partial charge in [0.2, 0.25) is 0 Å². The Morgan fingerprint density at radius 1 is 1.20 bits per heavy atom. The van der Waals surface area contributed by atoms with Gasteiger partial charge >= 0.3 is 5.97 Å². The molecule has 3 nitrogen and oxygen atoms in total. The van der Waals surface area contributed by atoms with Crippen molar-refractivity contribution in [3.05, 3.63) is 0 Å². The summed E-state index contributed by atoms with van der Waals surface area (Å²) in [6.45, 7) is 1.01. The smallest absolute Gasteiger partial charge is 0.303 e. The van der Waals surface area contributed by atoms with Gasteiger partial charge in [0.1, 0.15) is 0 Å². The van der Waals surface area contributed by atoms with Crippen LogP contribution in [0, 0.1) is 11.8 Å². The number of nitrogens with one attached hydrogen (secondary N) is 1. The van der Waals surface area contributed by atoms with E-state index in [4.69, 9.17) is 5.11 Å². The summed E-state index contributed by atoms with van der Waals surface area (Å²) in [7, 11) is 0. The summed E-state index contributed by atoms with van der Waals surface area (Å²) in [5, 5.41) is 12.4. The maximum absolute atomic E-state index is 10.8. The van der Waals surface area contributed by atoms with E-state index < -0.39 is 5.97 Å². The van der Waals surface area contributed by atoms with Crippen molar-refractivity contribution in [3.8, 4) is 0 Å². The minimum atomic E-state index is -0.635. The summed E-state index contributed by atoms with van der Waals surface area (Å²) in [6, 6.07) is 0.487. The Morgan fingerprint density at radius 3 is 2.60 bits per heavy atom. The molecule has 0 spiro atoms. The van der Waals surface area contributed by atoms with Crippen LogP contribution >= 0.6 is 0 Å². The summed E-state index contributed by atoms with van der Waals surface area (Å²) in [6.07, 6.45) is 8.04. The third-order valence-corrected chi connectivity index (χ3v) is 4.00. The Bertz CT molecular complexity index is 224. The van der Waals surface area contributed by atoms with Crippen molar-refractivity contribution in [3.63, 3.8) is 0 Å². The first-order valence-corrected chi connectivity index (χ1v) is 6.22. The van der Waals surface area contributed by atoms with Crippen LogP contribution in [-0.2, 0) is 4.79 Å². The molecule has 2 rings (SSSR count). The first-order chi connectivity index (χ1) is 7.27. The average Bonchev–Trinajstić information content (AvgIpc) is 2.66. The molecule has 1 heterocycles. The lowest BCUT2D eigenvalue weighted by atomic mass is 9.78. The molecule has 2 N–H and O–H groups in total. The predicted octanol–water partition coefficient (Wildman–Crippen LogP) is 2.02. The Balaban J connectivity index is 1.91. The van der Waals surface area contributed by atoms with E-state index >= 15 is 0 Å². The van der Waals surface area contributed by atoms with Crippen molar-refractivity contribution >= 4 is 5.97 Å². The summed E-state index contributed by atoms with van der Waals surface area (Å²) >= 11 is 0. The van der Waals surface area contributed by atoms with Crippen molar-refractivity contribution in [1.29, 1.82) is 0 Å². The summed E-state index contributed by atoms with van der Waals surface area (Å²) in [5.41, 5.74) is 0. The monoisotopic (exact) mass is 211 g/mol. The maximum Gasteiger partial charge on any atom is 0.303 e. The van der Waals surface area contributed by atoms with Gasteiger partial charge in [-0.05, 0) is 37.6 Å². The molecule has 2 fully saturated rings. The molecule has 0 radical (unpaired) electrons. The van der Waals surface area contributed by atoms with E-state index in [2.05, 4.69) is 5.32 Å². The Kier molecular flexibility index (Phi) is 3.62. The van der Waals surface area contributed by atoms with Gasteiger partial charge in [0.05, 0.1) is 0 Å². The van der Waals surface area contributed by atoms with E-state index in [1.165, 1.54) is 32.1 Å². The molecular weight excluding hydrogens is 190 g/mol. The first-order valence-electron chi connectivity index (χ1n) is 6.22. The lowest BCUT2D eigenvalue weighted by Gasteiger charge is -2.31. The second kappa shape index (κ2) is 4.97. The predicted molar refractivity (Wildman–Crippen MR) is 58.7 cm³/mol. The lowest BCUT2D eigenvalue weighted by Crippen LogP contribution is -2.37. The molecule has 1 saturated carbocycles. The molecule has 1 saturated heterocycles. The number of carboxylic acid groups (broad SMARTS) is 1. The molecule has 0 aromatic heterocycles. The van der Waals surface area contributed by atoms with Crippen LogP contribution in [0.1, 0.15) is 44.9 Å². The van der Waals surface area contributed by atoms with Gasteiger partial charge in [0.25, 0.3) is 0 Å². The summed E-state index contributed by atoms with van der Waals surface area (Å²) < 4.78 is 0. The van der Waals surface area contributed by atoms with E-state index in [-0.39, 0.29) is 0 Å². The highest BCUT2D eigenvalue weighted by atomic mass is 16.4. The molecule has 86 valence electrons. The molecular formula is C12H21NO2. The van der Waals surface area contributed by atoms with E-state index in [9.17, 15) is 4.79 Å². The van der Waals surface area contributed by atoms with Crippen molar-refractivity contribution < 1.29 is 9.90 Å². The fourth-order valence-electron chi connectivity index (χ4n) is 3.28. The van der Waals surface area contributed by atoms with Crippen molar-refractivity contribution in [2.45, 2.75) is 51.0 Å². The van der Waals surface area contributed by atoms with E-state index in [0.29, 0.717) is 18.4 Å². The quantitative estimate of drug-likeness (QED) is 0.751. The van der Waals surface area contributed by atoms with E-state index in [0.717, 1.165) is 18.9 Å². The van der Waals surface area contributed by atoms with Gasteiger partial charge in [0.15, 0.2) is 0 Å². The Hall–Kier alpha value is -0.570. The van der Waals surface area contributed by atoms with E-state index in [1.807, 2.05) is 0 Å². The van der Waals surface area contributed by atoms with Crippen LogP contribution in [-0.4, -0.2) is 23.7 Å². The largest absolute Gasteiger partial charge is 0.481 e. The zero-order valence-electron chi connectivity index (χ0n) is 9.24. The summed E-state index contributed by atoms with van der Waals surface area (Å²) in [5.74, 6) is 0.487. The Morgan fingerprint density at radius 2 is 1.93 bits per heavy atom. The lowest BCUT2D eigenvalue weighted by molar-refractivity contribution is -0.138. The first kappa shape index (κ1) is 10.9. The number of hydrogen-bond donors (Lipinski definition) is 2. The molecule has 15 heavy (non-hydrogen) atoms. The second-order valence-corrected chi connectivity index (χ2v) is 5.02. The van der Waals surface area contributed by atoms with Crippen LogP contribution in [0.2, 0.25) is 0 Å². The molecule has 1 aliphatic heterocycles. The molecule has 3 heteroatoms. The topological polar surface area (TPSA) is 49.3 Å². The van der Waals surface area contributed by atoms with Crippen LogP contribution < -0.4 is 5.32 Å². The average molecular weight is 211 g/mol. The number of hydrogen-bond acceptors (Lipinski definition) is 2. The third-order valence-electron chi connectivity index (χ3n) is 4.00. The molecule has 0 aromatic rings. The number of aliphatic carboxylic acids is 1. The van der Waals surface area contributed by atoms with Gasteiger partial charge in [-0.1, -0.05) is 19.3 Å². The highest BCUT2D eigenvalue weighted by Crippen LogP contribution is 2.34. The van der Waals surface area contributed by atoms with Crippen LogP contribution in [0.25, 0.3) is 0 Å². The van der Waals surface area contributed by atoms with Crippen LogP contribution in [0.3, 0.4) is 0 Å². The molecule has 0 unspecified atom stereocenters.